The molecule has 1 aliphatic rings. The quantitative estimate of drug-likeness (QED) is 0.379. The summed E-state index contributed by atoms with van der Waals surface area (Å²) < 4.78 is 5.72. The molecule has 3 aromatic rings. The first-order valence-corrected chi connectivity index (χ1v) is 11.6. The number of carboxylic acids is 1. The van der Waals surface area contributed by atoms with Gasteiger partial charge in [-0.15, -0.1) is 0 Å². The summed E-state index contributed by atoms with van der Waals surface area (Å²) in [5.41, 5.74) is 1.78. The van der Waals surface area contributed by atoms with Gasteiger partial charge in [-0.1, -0.05) is 35.3 Å². The lowest BCUT2D eigenvalue weighted by atomic mass is 10.1. The average molecular weight is 531 g/mol. The normalized spacial score (nSPS) is 14.6. The van der Waals surface area contributed by atoms with Crippen LogP contribution in [-0.2, 0) is 9.59 Å². The predicted molar refractivity (Wildman–Crippen MR) is 134 cm³/mol. The molecule has 0 atom stereocenters. The van der Waals surface area contributed by atoms with Crippen molar-refractivity contribution in [3.63, 3.8) is 0 Å². The minimum atomic E-state index is -1.14. The average Bonchev–Trinajstić information content (AvgIpc) is 3.36. The Labute approximate surface area is 213 Å². The molecule has 1 saturated heterocycles. The number of nitrogens with one attached hydrogen (secondary N) is 1. The maximum absolute atomic E-state index is 12.8. The molecule has 178 valence electrons. The molecule has 1 fully saturated rings. The maximum Gasteiger partial charge on any atom is 0.337 e. The molecule has 3 amide bonds. The van der Waals surface area contributed by atoms with Gasteiger partial charge in [-0.3, -0.25) is 19.3 Å². The molecule has 0 aliphatic carbocycles. The van der Waals surface area contributed by atoms with E-state index in [0.29, 0.717) is 39.6 Å². The van der Waals surface area contributed by atoms with Crippen molar-refractivity contribution in [2.75, 3.05) is 11.9 Å². The molecule has 4 rings (SSSR count). The summed E-state index contributed by atoms with van der Waals surface area (Å²) in [6, 6.07) is 12.6. The van der Waals surface area contributed by atoms with Crippen molar-refractivity contribution in [2.24, 2.45) is 0 Å². The highest BCUT2D eigenvalue weighted by atomic mass is 35.5. The van der Waals surface area contributed by atoms with Gasteiger partial charge in [0.2, 0.25) is 5.91 Å². The molecule has 0 spiro atoms. The summed E-state index contributed by atoms with van der Waals surface area (Å²) in [5.74, 6) is -1.62. The highest BCUT2D eigenvalue weighted by molar-refractivity contribution is 8.18. The molecule has 2 aromatic carbocycles. The maximum atomic E-state index is 12.8. The fourth-order valence-electron chi connectivity index (χ4n) is 3.26. The molecule has 1 aromatic heterocycles. The van der Waals surface area contributed by atoms with Gasteiger partial charge in [-0.25, -0.2) is 4.79 Å². The molecule has 0 unspecified atom stereocenters. The Kier molecular flexibility index (Phi) is 7.02. The Morgan fingerprint density at radius 1 is 1.11 bits per heavy atom. The van der Waals surface area contributed by atoms with Crippen LogP contribution in [0.25, 0.3) is 17.4 Å². The number of amides is 3. The van der Waals surface area contributed by atoms with Crippen LogP contribution in [0.15, 0.2) is 57.9 Å². The SMILES string of the molecule is Cc1ccc(Cl)cc1NC(=O)CN1C(=O)S/C(=C\c2ccc(-c3ccc(C(=O)O)c(Cl)c3)o2)C1=O. The number of carbonyl (C=O) groups is 4. The van der Waals surface area contributed by atoms with E-state index in [0.717, 1.165) is 10.5 Å². The van der Waals surface area contributed by atoms with Crippen LogP contribution in [-0.4, -0.2) is 39.6 Å². The molecule has 0 bridgehead atoms. The second-order valence-electron chi connectivity index (χ2n) is 7.48. The number of hydrogen-bond acceptors (Lipinski definition) is 6. The van der Waals surface area contributed by atoms with Gasteiger partial charge >= 0.3 is 5.97 Å². The van der Waals surface area contributed by atoms with Gasteiger partial charge in [0.25, 0.3) is 11.1 Å². The number of anilines is 1. The Morgan fingerprint density at radius 2 is 1.89 bits per heavy atom. The molecule has 8 nitrogen and oxygen atoms in total. The van der Waals surface area contributed by atoms with E-state index < -0.39 is 29.6 Å². The van der Waals surface area contributed by atoms with Gasteiger partial charge in [0.05, 0.1) is 15.5 Å². The van der Waals surface area contributed by atoms with E-state index >= 15 is 0 Å². The predicted octanol–water partition coefficient (Wildman–Crippen LogP) is 5.94. The number of hydrogen-bond donors (Lipinski definition) is 2. The molecule has 2 heterocycles. The third-order valence-corrected chi connectivity index (χ3v) is 6.49. The van der Waals surface area contributed by atoms with Crippen molar-refractivity contribution < 1.29 is 28.7 Å². The molecular formula is C24H16Cl2N2O6S. The zero-order valence-corrected chi connectivity index (χ0v) is 20.3. The van der Waals surface area contributed by atoms with Gasteiger partial charge < -0.3 is 14.8 Å². The Hall–Kier alpha value is -3.53. The van der Waals surface area contributed by atoms with Gasteiger partial charge in [0.1, 0.15) is 18.1 Å². The summed E-state index contributed by atoms with van der Waals surface area (Å²) in [6.45, 7) is 1.34. The van der Waals surface area contributed by atoms with Crippen LogP contribution in [0.3, 0.4) is 0 Å². The minimum absolute atomic E-state index is 0.0366. The number of aryl methyl sites for hydroxylation is 1. The number of thioether (sulfide) groups is 1. The van der Waals surface area contributed by atoms with Gasteiger partial charge in [0, 0.05) is 22.3 Å². The number of furan rings is 1. The van der Waals surface area contributed by atoms with Crippen molar-refractivity contribution in [2.45, 2.75) is 6.92 Å². The second kappa shape index (κ2) is 9.99. The summed E-state index contributed by atoms with van der Waals surface area (Å²) in [7, 11) is 0. The first-order chi connectivity index (χ1) is 16.6. The highest BCUT2D eigenvalue weighted by Crippen LogP contribution is 2.34. The summed E-state index contributed by atoms with van der Waals surface area (Å²) in [5, 5.41) is 11.7. The van der Waals surface area contributed by atoms with E-state index in [1.165, 1.54) is 18.2 Å². The molecule has 11 heteroatoms. The number of benzene rings is 2. The number of halogens is 2. The zero-order chi connectivity index (χ0) is 25.3. The number of rotatable bonds is 6. The lowest BCUT2D eigenvalue weighted by molar-refractivity contribution is -0.127. The molecular weight excluding hydrogens is 515 g/mol. The van der Waals surface area contributed by atoms with E-state index in [2.05, 4.69) is 5.32 Å². The number of nitrogens with zero attached hydrogens (tertiary/aromatic N) is 1. The van der Waals surface area contributed by atoms with Crippen molar-refractivity contribution in [1.82, 2.24) is 4.90 Å². The Bertz CT molecular complexity index is 1410. The molecule has 0 radical (unpaired) electrons. The Balaban J connectivity index is 1.47. The molecule has 0 saturated carbocycles. The van der Waals surface area contributed by atoms with Crippen molar-refractivity contribution in [3.8, 4) is 11.3 Å². The van der Waals surface area contributed by atoms with Gasteiger partial charge in [0.15, 0.2) is 0 Å². The van der Waals surface area contributed by atoms with Crippen LogP contribution in [0.1, 0.15) is 21.7 Å². The largest absolute Gasteiger partial charge is 0.478 e. The van der Waals surface area contributed by atoms with E-state index in [4.69, 9.17) is 32.7 Å². The van der Waals surface area contributed by atoms with Crippen LogP contribution in [0.2, 0.25) is 10.0 Å². The first-order valence-electron chi connectivity index (χ1n) is 10.1. The lowest BCUT2D eigenvalue weighted by Gasteiger charge is -2.13. The van der Waals surface area contributed by atoms with E-state index in [9.17, 15) is 19.2 Å². The van der Waals surface area contributed by atoms with Crippen LogP contribution >= 0.6 is 35.0 Å². The zero-order valence-electron chi connectivity index (χ0n) is 18.0. The van der Waals surface area contributed by atoms with Crippen molar-refractivity contribution >= 4 is 69.8 Å². The number of aromatic carboxylic acids is 1. The summed E-state index contributed by atoms with van der Waals surface area (Å²) in [6.07, 6.45) is 1.40. The van der Waals surface area contributed by atoms with Gasteiger partial charge in [-0.05, 0) is 60.6 Å². The third kappa shape index (κ3) is 5.43. The van der Waals surface area contributed by atoms with Crippen molar-refractivity contribution in [3.05, 3.63) is 80.4 Å². The topological polar surface area (TPSA) is 117 Å². The number of carboxylic acid groups (broad SMARTS) is 1. The highest BCUT2D eigenvalue weighted by Gasteiger charge is 2.36. The fourth-order valence-corrected chi connectivity index (χ4v) is 4.51. The molecule has 35 heavy (non-hydrogen) atoms. The number of carbonyl (C=O) groups excluding carboxylic acids is 3. The summed E-state index contributed by atoms with van der Waals surface area (Å²) >= 11 is 12.7. The van der Waals surface area contributed by atoms with Crippen LogP contribution in [0.4, 0.5) is 10.5 Å². The van der Waals surface area contributed by atoms with Crippen LogP contribution in [0.5, 0.6) is 0 Å². The summed E-state index contributed by atoms with van der Waals surface area (Å²) in [4.78, 5) is 49.6. The minimum Gasteiger partial charge on any atom is -0.478 e. The molecule has 1 aliphatic heterocycles. The number of imide groups is 1. The lowest BCUT2D eigenvalue weighted by Crippen LogP contribution is -2.36. The van der Waals surface area contributed by atoms with E-state index in [-0.39, 0.29) is 15.5 Å². The smallest absolute Gasteiger partial charge is 0.337 e. The van der Waals surface area contributed by atoms with Gasteiger partial charge in [-0.2, -0.15) is 0 Å². The second-order valence-corrected chi connectivity index (χ2v) is 9.31. The van der Waals surface area contributed by atoms with E-state index in [1.54, 1.807) is 43.3 Å². The first kappa shape index (κ1) is 24.6. The Morgan fingerprint density at radius 3 is 2.60 bits per heavy atom. The standard InChI is InChI=1S/C24H16Cl2N2O6S/c1-12-2-4-14(25)9-18(12)27-21(29)11-28-22(30)20(35-24(28)33)10-15-5-7-19(34-15)13-3-6-16(23(31)32)17(26)8-13/h2-10H,11H2,1H3,(H,27,29)(H,31,32)/b20-10-. The molecule has 2 N–H and O–H groups in total. The third-order valence-electron chi connectivity index (χ3n) is 5.03. The van der Waals surface area contributed by atoms with Crippen molar-refractivity contribution in [1.29, 1.82) is 0 Å². The van der Waals surface area contributed by atoms with Crippen LogP contribution < -0.4 is 5.32 Å². The van der Waals surface area contributed by atoms with E-state index in [1.807, 2.05) is 0 Å². The van der Waals surface area contributed by atoms with Crippen LogP contribution in [0, 0.1) is 6.92 Å². The fraction of sp³-hybridized carbons (Fsp3) is 0.0833. The monoisotopic (exact) mass is 530 g/mol.